The number of rotatable bonds is 4. The van der Waals surface area contributed by atoms with Crippen molar-refractivity contribution >= 4 is 34.0 Å². The highest BCUT2D eigenvalue weighted by Gasteiger charge is 2.23. The van der Waals surface area contributed by atoms with E-state index in [1.54, 1.807) is 19.1 Å². The number of non-ortho nitro benzene ring substituents is 1. The number of nitrogens with one attached hydrogen (secondary N) is 2. The van der Waals surface area contributed by atoms with Gasteiger partial charge < -0.3 is 10.3 Å². The van der Waals surface area contributed by atoms with Gasteiger partial charge in [-0.3, -0.25) is 19.7 Å². The second kappa shape index (κ2) is 5.96. The van der Waals surface area contributed by atoms with Gasteiger partial charge in [0.2, 0.25) is 0 Å². The monoisotopic (exact) mass is 323 g/mol. The number of aromatic nitrogens is 1. The van der Waals surface area contributed by atoms with E-state index in [0.717, 1.165) is 5.52 Å². The van der Waals surface area contributed by atoms with Crippen molar-refractivity contribution in [3.8, 4) is 0 Å². The molecular weight excluding hydrogens is 310 g/mol. The smallest absolute Gasteiger partial charge is 0.296 e. The Morgan fingerprint density at radius 1 is 1.12 bits per heavy atom. The third kappa shape index (κ3) is 2.74. The lowest BCUT2D eigenvalue weighted by atomic mass is 10.1. The fourth-order valence-electron chi connectivity index (χ4n) is 2.57. The number of ketones is 1. The third-order valence-corrected chi connectivity index (χ3v) is 3.64. The van der Waals surface area contributed by atoms with E-state index in [1.165, 1.54) is 24.3 Å². The Kier molecular flexibility index (Phi) is 3.83. The maximum atomic E-state index is 12.5. The molecule has 120 valence electrons. The molecule has 7 heteroatoms. The number of benzene rings is 2. The van der Waals surface area contributed by atoms with Gasteiger partial charge in [0.05, 0.1) is 10.5 Å². The van der Waals surface area contributed by atoms with Gasteiger partial charge in [0.25, 0.3) is 17.4 Å². The van der Waals surface area contributed by atoms with Crippen LogP contribution in [-0.4, -0.2) is 21.6 Å². The maximum Gasteiger partial charge on any atom is 0.296 e. The summed E-state index contributed by atoms with van der Waals surface area (Å²) in [5.74, 6) is -1.54. The summed E-state index contributed by atoms with van der Waals surface area (Å²) in [7, 11) is 0. The van der Waals surface area contributed by atoms with Gasteiger partial charge in [-0.2, -0.15) is 0 Å². The van der Waals surface area contributed by atoms with E-state index in [4.69, 9.17) is 0 Å². The Labute approximate surface area is 136 Å². The number of fused-ring (bicyclic) bond motifs is 1. The first-order valence-electron chi connectivity index (χ1n) is 7.15. The summed E-state index contributed by atoms with van der Waals surface area (Å²) in [6.07, 6.45) is 0. The molecule has 0 radical (unpaired) electrons. The van der Waals surface area contributed by atoms with Gasteiger partial charge in [0.1, 0.15) is 0 Å². The minimum atomic E-state index is -0.844. The molecule has 0 spiro atoms. The highest BCUT2D eigenvalue weighted by atomic mass is 16.6. The molecule has 1 heterocycles. The molecule has 1 aromatic heterocycles. The number of hydrogen-bond acceptors (Lipinski definition) is 4. The van der Waals surface area contributed by atoms with Crippen LogP contribution in [0.5, 0.6) is 0 Å². The number of amides is 1. The molecule has 24 heavy (non-hydrogen) atoms. The number of Topliss-reactive ketones (excluding diaryl/α,β-unsaturated/α-hetero) is 1. The third-order valence-electron chi connectivity index (χ3n) is 3.64. The molecule has 0 aliphatic heterocycles. The Bertz CT molecular complexity index is 975. The first-order valence-corrected chi connectivity index (χ1v) is 7.15. The second-order valence-electron chi connectivity index (χ2n) is 5.26. The van der Waals surface area contributed by atoms with Crippen LogP contribution in [0.15, 0.2) is 48.5 Å². The number of aromatic amines is 1. The van der Waals surface area contributed by atoms with Crippen LogP contribution in [0.25, 0.3) is 10.9 Å². The summed E-state index contributed by atoms with van der Waals surface area (Å²) in [5.41, 5.74) is 1.69. The van der Waals surface area contributed by atoms with Crippen molar-refractivity contribution in [2.45, 2.75) is 6.92 Å². The molecule has 0 atom stereocenters. The number of H-pyrrole nitrogens is 1. The van der Waals surface area contributed by atoms with Crippen molar-refractivity contribution < 1.29 is 14.5 Å². The van der Waals surface area contributed by atoms with Crippen molar-refractivity contribution in [1.82, 2.24) is 4.98 Å². The Hall–Kier alpha value is -3.48. The minimum Gasteiger partial charge on any atom is -0.358 e. The fraction of sp³-hybridized carbons (Fsp3) is 0.0588. The zero-order chi connectivity index (χ0) is 17.3. The number of para-hydroxylation sites is 1. The normalized spacial score (nSPS) is 10.5. The molecule has 0 unspecified atom stereocenters. The van der Waals surface area contributed by atoms with Crippen molar-refractivity contribution in [2.24, 2.45) is 0 Å². The summed E-state index contributed by atoms with van der Waals surface area (Å²) < 4.78 is 0. The Balaban J connectivity index is 1.90. The van der Waals surface area contributed by atoms with Crippen molar-refractivity contribution in [3.05, 3.63) is 69.9 Å². The maximum absolute atomic E-state index is 12.5. The first kappa shape index (κ1) is 15.4. The van der Waals surface area contributed by atoms with Crippen LogP contribution in [0.2, 0.25) is 0 Å². The van der Waals surface area contributed by atoms with E-state index in [2.05, 4.69) is 10.3 Å². The summed E-state index contributed by atoms with van der Waals surface area (Å²) in [5, 5.41) is 13.8. The van der Waals surface area contributed by atoms with Gasteiger partial charge in [0.15, 0.2) is 0 Å². The van der Waals surface area contributed by atoms with Gasteiger partial charge in [0, 0.05) is 34.4 Å². The molecule has 0 aliphatic rings. The SMILES string of the molecule is Cc1[nH]c2ccccc2c1C(=O)C(=O)Nc1cccc([N+](=O)[O-])c1. The van der Waals surface area contributed by atoms with E-state index < -0.39 is 16.6 Å². The van der Waals surface area contributed by atoms with Crippen molar-refractivity contribution in [3.63, 3.8) is 0 Å². The Morgan fingerprint density at radius 3 is 2.62 bits per heavy atom. The van der Waals surface area contributed by atoms with Crippen LogP contribution in [0.3, 0.4) is 0 Å². The summed E-state index contributed by atoms with van der Waals surface area (Å²) in [6, 6.07) is 12.6. The van der Waals surface area contributed by atoms with Crippen LogP contribution >= 0.6 is 0 Å². The summed E-state index contributed by atoms with van der Waals surface area (Å²) in [6.45, 7) is 1.72. The number of carbonyl (C=O) groups excluding carboxylic acids is 2. The fourth-order valence-corrected chi connectivity index (χ4v) is 2.57. The molecule has 2 N–H and O–H groups in total. The molecule has 1 amide bonds. The van der Waals surface area contributed by atoms with E-state index in [9.17, 15) is 19.7 Å². The highest BCUT2D eigenvalue weighted by Crippen LogP contribution is 2.23. The van der Waals surface area contributed by atoms with E-state index in [-0.39, 0.29) is 11.4 Å². The minimum absolute atomic E-state index is 0.163. The quantitative estimate of drug-likeness (QED) is 0.333. The zero-order valence-electron chi connectivity index (χ0n) is 12.7. The van der Waals surface area contributed by atoms with Gasteiger partial charge in [-0.25, -0.2) is 0 Å². The lowest BCUT2D eigenvalue weighted by molar-refractivity contribution is -0.384. The molecule has 0 aliphatic carbocycles. The topological polar surface area (TPSA) is 105 Å². The number of nitro benzene ring substituents is 1. The van der Waals surface area contributed by atoms with Crippen LogP contribution in [0.4, 0.5) is 11.4 Å². The predicted molar refractivity (Wildman–Crippen MR) is 89.1 cm³/mol. The molecule has 0 bridgehead atoms. The average Bonchev–Trinajstić information content (AvgIpc) is 2.90. The van der Waals surface area contributed by atoms with Gasteiger partial charge in [-0.1, -0.05) is 24.3 Å². The molecule has 3 aromatic rings. The van der Waals surface area contributed by atoms with E-state index in [0.29, 0.717) is 16.6 Å². The number of nitrogens with zero attached hydrogens (tertiary/aromatic N) is 1. The van der Waals surface area contributed by atoms with Gasteiger partial charge >= 0.3 is 0 Å². The van der Waals surface area contributed by atoms with Crippen LogP contribution in [-0.2, 0) is 4.79 Å². The van der Waals surface area contributed by atoms with E-state index >= 15 is 0 Å². The number of nitro groups is 1. The van der Waals surface area contributed by atoms with Crippen LogP contribution in [0.1, 0.15) is 16.1 Å². The molecule has 0 fully saturated rings. The summed E-state index contributed by atoms with van der Waals surface area (Å²) >= 11 is 0. The number of carbonyl (C=O) groups is 2. The molecule has 0 saturated heterocycles. The summed E-state index contributed by atoms with van der Waals surface area (Å²) in [4.78, 5) is 38.0. The second-order valence-corrected chi connectivity index (χ2v) is 5.26. The predicted octanol–water partition coefficient (Wildman–Crippen LogP) is 3.21. The van der Waals surface area contributed by atoms with Crippen LogP contribution < -0.4 is 5.32 Å². The molecule has 0 saturated carbocycles. The molecule has 3 rings (SSSR count). The first-order chi connectivity index (χ1) is 11.5. The standard InChI is InChI=1S/C17H13N3O4/c1-10-15(13-7-2-3-8-14(13)18-10)16(21)17(22)19-11-5-4-6-12(9-11)20(23)24/h2-9,18H,1H3,(H,19,22). The Morgan fingerprint density at radius 2 is 1.88 bits per heavy atom. The lowest BCUT2D eigenvalue weighted by Gasteiger charge is -2.04. The zero-order valence-corrected chi connectivity index (χ0v) is 12.7. The van der Waals surface area contributed by atoms with Gasteiger partial charge in [-0.15, -0.1) is 0 Å². The molecule has 7 nitrogen and oxygen atoms in total. The largest absolute Gasteiger partial charge is 0.358 e. The van der Waals surface area contributed by atoms with Crippen molar-refractivity contribution in [1.29, 1.82) is 0 Å². The average molecular weight is 323 g/mol. The number of aryl methyl sites for hydroxylation is 1. The molecular formula is C17H13N3O4. The number of hydrogen-bond donors (Lipinski definition) is 2. The number of anilines is 1. The van der Waals surface area contributed by atoms with E-state index in [1.807, 2.05) is 12.1 Å². The van der Waals surface area contributed by atoms with Crippen LogP contribution in [0, 0.1) is 17.0 Å². The van der Waals surface area contributed by atoms with Gasteiger partial charge in [-0.05, 0) is 19.1 Å². The highest BCUT2D eigenvalue weighted by molar-refractivity contribution is 6.48. The molecule has 2 aromatic carbocycles. The van der Waals surface area contributed by atoms with Crippen molar-refractivity contribution in [2.75, 3.05) is 5.32 Å². The lowest BCUT2D eigenvalue weighted by Crippen LogP contribution is -2.23.